The van der Waals surface area contributed by atoms with Gasteiger partial charge in [-0.15, -0.1) is 10.2 Å². The van der Waals surface area contributed by atoms with Crippen LogP contribution in [0.15, 0.2) is 34.2 Å². The molecule has 0 atom stereocenters. The fraction of sp³-hybridized carbons (Fsp3) is 0.0769. The molecule has 1 N–H and O–H groups in total. The van der Waals surface area contributed by atoms with Gasteiger partial charge in [0.25, 0.3) is 5.56 Å². The van der Waals surface area contributed by atoms with Gasteiger partial charge in [0.15, 0.2) is 5.65 Å². The smallest absolute Gasteiger partial charge is 0.257 e. The molecule has 2 aromatic heterocycles. The molecule has 3 aromatic rings. The molecule has 21 heavy (non-hydrogen) atoms. The summed E-state index contributed by atoms with van der Waals surface area (Å²) in [5.74, 6) is 0. The molecular weight excluding hydrogens is 331 g/mol. The molecule has 2 heterocycles. The number of H-pyrrole nitrogens is 1. The number of hydrogen-bond acceptors (Lipinski definition) is 5. The van der Waals surface area contributed by atoms with Crippen LogP contribution in [0.5, 0.6) is 0 Å². The van der Waals surface area contributed by atoms with E-state index in [1.165, 1.54) is 11.8 Å². The van der Waals surface area contributed by atoms with Crippen LogP contribution in [0.2, 0.25) is 10.0 Å². The van der Waals surface area contributed by atoms with Crippen molar-refractivity contribution in [1.82, 2.24) is 20.2 Å². The number of fused-ring (bicyclic) bond motifs is 1. The van der Waals surface area contributed by atoms with Crippen LogP contribution in [0.1, 0.15) is 0 Å². The fourth-order valence-corrected chi connectivity index (χ4v) is 2.82. The van der Waals surface area contributed by atoms with Crippen molar-refractivity contribution in [3.63, 3.8) is 0 Å². The fourth-order valence-electron chi connectivity index (χ4n) is 1.91. The maximum absolute atomic E-state index is 12.3. The summed E-state index contributed by atoms with van der Waals surface area (Å²) in [5.41, 5.74) is 1.33. The highest BCUT2D eigenvalue weighted by molar-refractivity contribution is 7.98. The lowest BCUT2D eigenvalue weighted by atomic mass is 10.1. The van der Waals surface area contributed by atoms with Crippen LogP contribution in [0.4, 0.5) is 0 Å². The van der Waals surface area contributed by atoms with Crippen LogP contribution < -0.4 is 5.56 Å². The molecule has 0 radical (unpaired) electrons. The minimum Gasteiger partial charge on any atom is -0.305 e. The first kappa shape index (κ1) is 14.3. The molecular formula is C13H8Cl2N4OS. The molecule has 0 aliphatic carbocycles. The molecule has 106 valence electrons. The monoisotopic (exact) mass is 338 g/mol. The average Bonchev–Trinajstić information content (AvgIpc) is 2.47. The van der Waals surface area contributed by atoms with Crippen LogP contribution >= 0.6 is 35.0 Å². The quantitative estimate of drug-likeness (QED) is 0.725. The van der Waals surface area contributed by atoms with Gasteiger partial charge in [0, 0.05) is 5.56 Å². The Kier molecular flexibility index (Phi) is 3.84. The van der Waals surface area contributed by atoms with Crippen molar-refractivity contribution in [3.05, 3.63) is 44.7 Å². The largest absolute Gasteiger partial charge is 0.305 e. The number of hydrogen-bond donors (Lipinski definition) is 1. The summed E-state index contributed by atoms with van der Waals surface area (Å²) >= 11 is 13.6. The Morgan fingerprint density at radius 3 is 2.57 bits per heavy atom. The summed E-state index contributed by atoms with van der Waals surface area (Å²) in [6.45, 7) is 0. The normalized spacial score (nSPS) is 11.0. The molecule has 0 fully saturated rings. The van der Waals surface area contributed by atoms with Gasteiger partial charge >= 0.3 is 0 Å². The zero-order valence-electron chi connectivity index (χ0n) is 10.7. The molecule has 0 saturated heterocycles. The molecule has 0 aliphatic heterocycles. The van der Waals surface area contributed by atoms with Crippen molar-refractivity contribution in [2.75, 3.05) is 6.26 Å². The third kappa shape index (κ3) is 2.62. The Labute approximate surface area is 133 Å². The molecule has 0 bridgehead atoms. The van der Waals surface area contributed by atoms with Gasteiger partial charge in [0.1, 0.15) is 5.52 Å². The van der Waals surface area contributed by atoms with Crippen molar-refractivity contribution in [2.45, 2.75) is 5.16 Å². The second-order valence-corrected chi connectivity index (χ2v) is 5.73. The number of thioether (sulfide) groups is 1. The van der Waals surface area contributed by atoms with Crippen LogP contribution in [0, 0.1) is 0 Å². The van der Waals surface area contributed by atoms with Crippen LogP contribution in [0.25, 0.3) is 22.3 Å². The van der Waals surface area contributed by atoms with Crippen LogP contribution in [-0.2, 0) is 0 Å². The van der Waals surface area contributed by atoms with Crippen molar-refractivity contribution in [3.8, 4) is 11.1 Å². The Morgan fingerprint density at radius 1 is 1.19 bits per heavy atom. The first-order valence-electron chi connectivity index (χ1n) is 5.86. The lowest BCUT2D eigenvalue weighted by molar-refractivity contribution is 0.872. The first-order chi connectivity index (χ1) is 10.1. The minimum atomic E-state index is -0.329. The molecule has 0 unspecified atom stereocenters. The number of rotatable bonds is 2. The summed E-state index contributed by atoms with van der Waals surface area (Å²) in [7, 11) is 0. The van der Waals surface area contributed by atoms with Gasteiger partial charge in [-0.2, -0.15) is 0 Å². The van der Waals surface area contributed by atoms with E-state index in [0.29, 0.717) is 37.5 Å². The molecule has 0 spiro atoms. The van der Waals surface area contributed by atoms with E-state index in [0.717, 1.165) is 0 Å². The molecule has 0 aliphatic rings. The summed E-state index contributed by atoms with van der Waals surface area (Å²) in [5, 5.41) is 9.28. The number of aromatic amines is 1. The molecule has 1 aromatic carbocycles. The Bertz CT molecular complexity index is 877. The number of pyridine rings is 1. The highest BCUT2D eigenvalue weighted by Crippen LogP contribution is 2.33. The minimum absolute atomic E-state index is 0.329. The summed E-state index contributed by atoms with van der Waals surface area (Å²) in [6, 6.07) is 6.65. The van der Waals surface area contributed by atoms with Crippen molar-refractivity contribution in [2.24, 2.45) is 0 Å². The van der Waals surface area contributed by atoms with Gasteiger partial charge in [0.2, 0.25) is 5.16 Å². The van der Waals surface area contributed by atoms with Crippen molar-refractivity contribution >= 4 is 46.1 Å². The van der Waals surface area contributed by atoms with Gasteiger partial charge in [-0.3, -0.25) is 4.79 Å². The Balaban J connectivity index is 2.29. The average molecular weight is 339 g/mol. The van der Waals surface area contributed by atoms with E-state index >= 15 is 0 Å². The maximum atomic E-state index is 12.3. The van der Waals surface area contributed by atoms with E-state index in [2.05, 4.69) is 20.2 Å². The topological polar surface area (TPSA) is 71.5 Å². The molecule has 5 nitrogen and oxygen atoms in total. The lowest BCUT2D eigenvalue weighted by Crippen LogP contribution is -2.11. The Hall–Kier alpha value is -1.63. The summed E-state index contributed by atoms with van der Waals surface area (Å²) < 4.78 is 0. The van der Waals surface area contributed by atoms with E-state index in [1.54, 1.807) is 24.3 Å². The zero-order valence-corrected chi connectivity index (χ0v) is 13.1. The van der Waals surface area contributed by atoms with Crippen molar-refractivity contribution in [1.29, 1.82) is 0 Å². The number of nitrogens with zero attached hydrogens (tertiary/aromatic N) is 3. The SMILES string of the molecule is CSc1nnc2cc(-c3c(Cl)cccc3Cl)c(=O)[nH]c2n1. The predicted octanol–water partition coefficient (Wildman–Crippen LogP) is 3.41. The third-order valence-corrected chi connectivity index (χ3v) is 4.03. The van der Waals surface area contributed by atoms with Crippen LogP contribution in [0.3, 0.4) is 0 Å². The third-order valence-electron chi connectivity index (χ3n) is 2.87. The second kappa shape index (κ2) is 5.63. The molecule has 3 rings (SSSR count). The van der Waals surface area contributed by atoms with E-state index in [1.807, 2.05) is 6.26 Å². The maximum Gasteiger partial charge on any atom is 0.257 e. The lowest BCUT2D eigenvalue weighted by Gasteiger charge is -2.07. The van der Waals surface area contributed by atoms with E-state index in [-0.39, 0.29) is 5.56 Å². The predicted molar refractivity (Wildman–Crippen MR) is 85.2 cm³/mol. The second-order valence-electron chi connectivity index (χ2n) is 4.14. The highest BCUT2D eigenvalue weighted by atomic mass is 35.5. The zero-order chi connectivity index (χ0) is 15.0. The highest BCUT2D eigenvalue weighted by Gasteiger charge is 2.14. The van der Waals surface area contributed by atoms with Gasteiger partial charge in [0.05, 0.1) is 15.6 Å². The van der Waals surface area contributed by atoms with Gasteiger partial charge in [-0.05, 0) is 24.5 Å². The number of aromatic nitrogens is 4. The van der Waals surface area contributed by atoms with Gasteiger partial charge in [-0.25, -0.2) is 4.98 Å². The summed E-state index contributed by atoms with van der Waals surface area (Å²) in [6.07, 6.45) is 1.83. The van der Waals surface area contributed by atoms with E-state index in [4.69, 9.17) is 23.2 Å². The standard InChI is InChI=1S/C13H8Cl2N4OS/c1-21-13-17-11-9(18-19-13)5-6(12(20)16-11)10-7(14)3-2-4-8(10)15/h2-5H,1H3,(H,16,17,19,20). The number of benzene rings is 1. The molecule has 0 saturated carbocycles. The van der Waals surface area contributed by atoms with E-state index < -0.39 is 0 Å². The van der Waals surface area contributed by atoms with Gasteiger partial charge in [-0.1, -0.05) is 41.0 Å². The summed E-state index contributed by atoms with van der Waals surface area (Å²) in [4.78, 5) is 19.2. The first-order valence-corrected chi connectivity index (χ1v) is 7.84. The van der Waals surface area contributed by atoms with Gasteiger partial charge < -0.3 is 4.98 Å². The van der Waals surface area contributed by atoms with Crippen LogP contribution in [-0.4, -0.2) is 26.4 Å². The Morgan fingerprint density at radius 2 is 1.90 bits per heavy atom. The number of nitrogens with one attached hydrogen (secondary N) is 1. The molecule has 8 heteroatoms. The molecule has 0 amide bonds. The van der Waals surface area contributed by atoms with E-state index in [9.17, 15) is 4.79 Å². The van der Waals surface area contributed by atoms with Crippen molar-refractivity contribution < 1.29 is 0 Å². The number of halogens is 2.